The predicted octanol–water partition coefficient (Wildman–Crippen LogP) is 2.56. The van der Waals surface area contributed by atoms with E-state index in [0.29, 0.717) is 11.4 Å². The van der Waals surface area contributed by atoms with Crippen molar-refractivity contribution in [3.8, 4) is 0 Å². The van der Waals surface area contributed by atoms with Crippen LogP contribution in [0.15, 0.2) is 23.1 Å². The lowest BCUT2D eigenvalue weighted by Gasteiger charge is -2.25. The summed E-state index contributed by atoms with van der Waals surface area (Å²) < 4.78 is 27.6. The standard InChI is InChI=1S/C15H26N2O2S/c1-5-9-15(3,4)17-20(18,19)14-8-7-12(6-2)13(10-14)11-16/h7-8,10,17H,5-6,9,11,16H2,1-4H3. The van der Waals surface area contributed by atoms with Crippen LogP contribution in [-0.4, -0.2) is 14.0 Å². The Balaban J connectivity index is 3.10. The zero-order valence-corrected chi connectivity index (χ0v) is 13.7. The monoisotopic (exact) mass is 298 g/mol. The summed E-state index contributed by atoms with van der Waals surface area (Å²) in [7, 11) is -3.50. The van der Waals surface area contributed by atoms with Gasteiger partial charge < -0.3 is 5.73 Å². The van der Waals surface area contributed by atoms with Gasteiger partial charge in [-0.25, -0.2) is 13.1 Å². The van der Waals surface area contributed by atoms with Gasteiger partial charge in [-0.2, -0.15) is 0 Å². The molecule has 0 spiro atoms. The number of nitrogens with two attached hydrogens (primary N) is 1. The van der Waals surface area contributed by atoms with E-state index in [1.807, 2.05) is 33.8 Å². The fourth-order valence-corrected chi connectivity index (χ4v) is 3.90. The molecule has 0 unspecified atom stereocenters. The molecule has 0 atom stereocenters. The third-order valence-corrected chi connectivity index (χ3v) is 5.07. The second kappa shape index (κ2) is 6.70. The normalized spacial score (nSPS) is 12.7. The van der Waals surface area contributed by atoms with Crippen LogP contribution in [0.25, 0.3) is 0 Å². The quantitative estimate of drug-likeness (QED) is 0.812. The largest absolute Gasteiger partial charge is 0.326 e. The van der Waals surface area contributed by atoms with Crippen LogP contribution in [-0.2, 0) is 23.0 Å². The highest BCUT2D eigenvalue weighted by molar-refractivity contribution is 7.89. The molecule has 1 aromatic rings. The summed E-state index contributed by atoms with van der Waals surface area (Å²) in [5, 5.41) is 0. The number of nitrogens with one attached hydrogen (secondary N) is 1. The first-order chi connectivity index (χ1) is 9.25. The molecule has 3 N–H and O–H groups in total. The maximum atomic E-state index is 12.4. The summed E-state index contributed by atoms with van der Waals surface area (Å²) in [6.45, 7) is 8.23. The molecular formula is C15H26N2O2S. The Morgan fingerprint density at radius 3 is 2.35 bits per heavy atom. The van der Waals surface area contributed by atoms with Gasteiger partial charge in [-0.3, -0.25) is 0 Å². The fourth-order valence-electron chi connectivity index (χ4n) is 2.40. The van der Waals surface area contributed by atoms with Crippen molar-refractivity contribution >= 4 is 10.0 Å². The molecule has 4 nitrogen and oxygen atoms in total. The molecule has 0 aliphatic rings. The van der Waals surface area contributed by atoms with Crippen LogP contribution in [0.2, 0.25) is 0 Å². The smallest absolute Gasteiger partial charge is 0.241 e. The highest BCUT2D eigenvalue weighted by atomic mass is 32.2. The lowest BCUT2D eigenvalue weighted by atomic mass is 10.0. The SMILES string of the molecule is CCCC(C)(C)NS(=O)(=O)c1ccc(CC)c(CN)c1. The van der Waals surface area contributed by atoms with E-state index < -0.39 is 15.6 Å². The summed E-state index contributed by atoms with van der Waals surface area (Å²) in [5.74, 6) is 0. The lowest BCUT2D eigenvalue weighted by Crippen LogP contribution is -2.43. The Labute approximate surface area is 122 Å². The van der Waals surface area contributed by atoms with Gasteiger partial charge in [0.05, 0.1) is 4.90 Å². The van der Waals surface area contributed by atoms with E-state index >= 15 is 0 Å². The molecule has 20 heavy (non-hydrogen) atoms. The second-order valence-electron chi connectivity index (χ2n) is 5.73. The van der Waals surface area contributed by atoms with E-state index in [-0.39, 0.29) is 0 Å². The number of hydrogen-bond donors (Lipinski definition) is 2. The minimum atomic E-state index is -3.50. The number of rotatable bonds is 7. The molecule has 114 valence electrons. The highest BCUT2D eigenvalue weighted by Gasteiger charge is 2.25. The van der Waals surface area contributed by atoms with Crippen LogP contribution in [0.4, 0.5) is 0 Å². The molecule has 0 aromatic heterocycles. The van der Waals surface area contributed by atoms with Gasteiger partial charge in [0.2, 0.25) is 10.0 Å². The van der Waals surface area contributed by atoms with Crippen molar-refractivity contribution in [3.05, 3.63) is 29.3 Å². The minimum Gasteiger partial charge on any atom is -0.326 e. The number of hydrogen-bond acceptors (Lipinski definition) is 3. The van der Waals surface area contributed by atoms with Gasteiger partial charge in [0, 0.05) is 12.1 Å². The van der Waals surface area contributed by atoms with Gasteiger partial charge in [-0.05, 0) is 49.9 Å². The van der Waals surface area contributed by atoms with E-state index in [4.69, 9.17) is 5.73 Å². The van der Waals surface area contributed by atoms with Crippen LogP contribution >= 0.6 is 0 Å². The van der Waals surface area contributed by atoms with Crippen LogP contribution in [0.1, 0.15) is 51.7 Å². The van der Waals surface area contributed by atoms with Crippen molar-refractivity contribution < 1.29 is 8.42 Å². The molecule has 0 aliphatic carbocycles. The average molecular weight is 298 g/mol. The Hall–Kier alpha value is -0.910. The molecule has 0 saturated carbocycles. The lowest BCUT2D eigenvalue weighted by molar-refractivity contribution is 0.417. The molecular weight excluding hydrogens is 272 g/mol. The highest BCUT2D eigenvalue weighted by Crippen LogP contribution is 2.20. The van der Waals surface area contributed by atoms with Gasteiger partial charge in [0.15, 0.2) is 0 Å². The van der Waals surface area contributed by atoms with Gasteiger partial charge >= 0.3 is 0 Å². The molecule has 1 aromatic carbocycles. The third kappa shape index (κ3) is 4.30. The average Bonchev–Trinajstić information content (AvgIpc) is 2.36. The number of sulfonamides is 1. The molecule has 5 heteroatoms. The van der Waals surface area contributed by atoms with Gasteiger partial charge in [-0.1, -0.05) is 26.3 Å². The molecule has 0 radical (unpaired) electrons. The van der Waals surface area contributed by atoms with Crippen LogP contribution in [0.5, 0.6) is 0 Å². The number of aryl methyl sites for hydroxylation is 1. The Bertz CT molecular complexity index is 551. The molecule has 0 saturated heterocycles. The molecule has 0 heterocycles. The molecule has 0 amide bonds. The summed E-state index contributed by atoms with van der Waals surface area (Å²) in [4.78, 5) is 0.291. The predicted molar refractivity (Wildman–Crippen MR) is 83.0 cm³/mol. The summed E-state index contributed by atoms with van der Waals surface area (Å²) in [5.41, 5.74) is 7.24. The maximum absolute atomic E-state index is 12.4. The maximum Gasteiger partial charge on any atom is 0.241 e. The van der Waals surface area contributed by atoms with Crippen LogP contribution < -0.4 is 10.5 Å². The molecule has 0 aliphatic heterocycles. The fraction of sp³-hybridized carbons (Fsp3) is 0.600. The van der Waals surface area contributed by atoms with Crippen molar-refractivity contribution in [1.82, 2.24) is 4.72 Å². The van der Waals surface area contributed by atoms with E-state index in [2.05, 4.69) is 4.72 Å². The third-order valence-electron chi connectivity index (χ3n) is 3.37. The van der Waals surface area contributed by atoms with Gasteiger partial charge in [0.25, 0.3) is 0 Å². The first-order valence-corrected chi connectivity index (χ1v) is 8.60. The topological polar surface area (TPSA) is 72.2 Å². The summed E-state index contributed by atoms with van der Waals surface area (Å²) in [6, 6.07) is 5.19. The van der Waals surface area contributed by atoms with Crippen LogP contribution in [0.3, 0.4) is 0 Å². The van der Waals surface area contributed by atoms with Crippen molar-refractivity contribution in [3.63, 3.8) is 0 Å². The van der Waals surface area contributed by atoms with E-state index in [1.165, 1.54) is 0 Å². The summed E-state index contributed by atoms with van der Waals surface area (Å²) in [6.07, 6.45) is 2.57. The zero-order valence-electron chi connectivity index (χ0n) is 12.9. The molecule has 0 fully saturated rings. The van der Waals surface area contributed by atoms with Gasteiger partial charge in [-0.15, -0.1) is 0 Å². The second-order valence-corrected chi connectivity index (χ2v) is 7.41. The minimum absolute atomic E-state index is 0.291. The zero-order chi connectivity index (χ0) is 15.4. The van der Waals surface area contributed by atoms with Crippen molar-refractivity contribution in [2.45, 2.75) is 63.9 Å². The van der Waals surface area contributed by atoms with Crippen molar-refractivity contribution in [2.75, 3.05) is 0 Å². The Kier molecular flexibility index (Phi) is 5.74. The van der Waals surface area contributed by atoms with Crippen LogP contribution in [0, 0.1) is 0 Å². The van der Waals surface area contributed by atoms with Gasteiger partial charge in [0.1, 0.15) is 0 Å². The van der Waals surface area contributed by atoms with E-state index in [0.717, 1.165) is 30.4 Å². The number of benzene rings is 1. The Morgan fingerprint density at radius 1 is 1.20 bits per heavy atom. The van der Waals surface area contributed by atoms with E-state index in [9.17, 15) is 8.42 Å². The summed E-state index contributed by atoms with van der Waals surface area (Å²) >= 11 is 0. The molecule has 1 rings (SSSR count). The molecule has 0 bridgehead atoms. The van der Waals surface area contributed by atoms with Crippen molar-refractivity contribution in [1.29, 1.82) is 0 Å². The van der Waals surface area contributed by atoms with E-state index in [1.54, 1.807) is 12.1 Å². The Morgan fingerprint density at radius 2 is 1.85 bits per heavy atom. The first kappa shape index (κ1) is 17.1. The first-order valence-electron chi connectivity index (χ1n) is 7.11. The van der Waals surface area contributed by atoms with Crippen molar-refractivity contribution in [2.24, 2.45) is 5.73 Å².